The summed E-state index contributed by atoms with van der Waals surface area (Å²) in [5.41, 5.74) is 0.780. The Morgan fingerprint density at radius 3 is 2.75 bits per heavy atom. The highest BCUT2D eigenvalue weighted by molar-refractivity contribution is 6.32. The normalized spacial score (nSPS) is 15.6. The van der Waals surface area contributed by atoms with E-state index in [0.29, 0.717) is 35.0 Å². The van der Waals surface area contributed by atoms with Crippen molar-refractivity contribution in [3.05, 3.63) is 59.4 Å². The minimum Gasteiger partial charge on any atom is -0.379 e. The van der Waals surface area contributed by atoms with Gasteiger partial charge in [-0.2, -0.15) is 10.4 Å². The van der Waals surface area contributed by atoms with Crippen LogP contribution in [0.3, 0.4) is 0 Å². The van der Waals surface area contributed by atoms with Gasteiger partial charge in [0.15, 0.2) is 5.82 Å². The Balaban J connectivity index is 1.46. The molecule has 1 aliphatic heterocycles. The summed E-state index contributed by atoms with van der Waals surface area (Å²) in [5.74, 6) is 1.06. The molecule has 0 aliphatic carbocycles. The van der Waals surface area contributed by atoms with Gasteiger partial charge in [0, 0.05) is 30.3 Å². The summed E-state index contributed by atoms with van der Waals surface area (Å²) in [6, 6.07) is 8.12. The van der Waals surface area contributed by atoms with Gasteiger partial charge in [-0.3, -0.25) is 0 Å². The average Bonchev–Trinajstić information content (AvgIpc) is 3.44. The number of nitriles is 1. The van der Waals surface area contributed by atoms with Gasteiger partial charge >= 0.3 is 0 Å². The van der Waals surface area contributed by atoms with E-state index in [1.807, 2.05) is 6.07 Å². The Morgan fingerprint density at radius 2 is 1.97 bits per heavy atom. The third kappa shape index (κ3) is 3.91. The minimum absolute atomic E-state index is 0.0603. The molecule has 0 spiro atoms. The van der Waals surface area contributed by atoms with E-state index >= 15 is 0 Å². The van der Waals surface area contributed by atoms with E-state index in [1.54, 1.807) is 24.5 Å². The van der Waals surface area contributed by atoms with Gasteiger partial charge in [-0.05, 0) is 18.6 Å². The predicted molar refractivity (Wildman–Crippen MR) is 117 cm³/mol. The van der Waals surface area contributed by atoms with Crippen molar-refractivity contribution in [1.82, 2.24) is 24.7 Å². The van der Waals surface area contributed by atoms with Gasteiger partial charge in [-0.25, -0.2) is 24.0 Å². The van der Waals surface area contributed by atoms with Crippen LogP contribution >= 0.6 is 11.6 Å². The van der Waals surface area contributed by atoms with Crippen molar-refractivity contribution in [2.45, 2.75) is 12.5 Å². The maximum atomic E-state index is 14.7. The van der Waals surface area contributed by atoms with Crippen molar-refractivity contribution >= 4 is 40.0 Å². The molecule has 0 radical (unpaired) electrons. The van der Waals surface area contributed by atoms with E-state index in [1.165, 1.54) is 17.1 Å². The van der Waals surface area contributed by atoms with Crippen molar-refractivity contribution in [3.8, 4) is 11.8 Å². The van der Waals surface area contributed by atoms with E-state index in [0.717, 1.165) is 19.1 Å². The first-order chi connectivity index (χ1) is 15.6. The summed E-state index contributed by atoms with van der Waals surface area (Å²) < 4.78 is 21.4. The maximum absolute atomic E-state index is 14.7. The Labute approximate surface area is 186 Å². The molecule has 5 rings (SSSR count). The fraction of sp³-hybridized carbons (Fsp3) is 0.190. The number of pyridine rings is 1. The molecule has 0 saturated carbocycles. The number of hydrogen-bond acceptors (Lipinski definition) is 8. The molecule has 1 aliphatic rings. The third-order valence-electron chi connectivity index (χ3n) is 5.02. The van der Waals surface area contributed by atoms with Crippen LogP contribution in [0.2, 0.25) is 5.02 Å². The Hall–Kier alpha value is -3.81. The number of nitrogens with one attached hydrogen (secondary N) is 2. The zero-order chi connectivity index (χ0) is 22.1. The second-order valence-electron chi connectivity index (χ2n) is 7.20. The zero-order valence-corrected chi connectivity index (χ0v) is 17.3. The molecule has 1 fully saturated rings. The quantitative estimate of drug-likeness (QED) is 0.471. The number of fused-ring (bicyclic) bond motifs is 1. The van der Waals surface area contributed by atoms with E-state index in [9.17, 15) is 4.39 Å². The molecular weight excluding hydrogens is 435 g/mol. The van der Waals surface area contributed by atoms with Crippen LogP contribution in [0.1, 0.15) is 12.0 Å². The Kier molecular flexibility index (Phi) is 5.26. The lowest BCUT2D eigenvalue weighted by molar-refractivity contribution is 0.195. The van der Waals surface area contributed by atoms with E-state index < -0.39 is 5.82 Å². The van der Waals surface area contributed by atoms with Gasteiger partial charge in [0.25, 0.3) is 0 Å². The number of ether oxygens (including phenoxy) is 1. The Bertz CT molecular complexity index is 1320. The zero-order valence-electron chi connectivity index (χ0n) is 16.6. The van der Waals surface area contributed by atoms with Crippen LogP contribution in [0.5, 0.6) is 0 Å². The van der Waals surface area contributed by atoms with Crippen molar-refractivity contribution in [1.29, 1.82) is 5.26 Å². The largest absolute Gasteiger partial charge is 0.379 e. The summed E-state index contributed by atoms with van der Waals surface area (Å²) in [5, 5.41) is 20.5. The topological polar surface area (TPSA) is 114 Å². The molecule has 0 unspecified atom stereocenters. The van der Waals surface area contributed by atoms with Gasteiger partial charge < -0.3 is 15.4 Å². The first-order valence-electron chi connectivity index (χ1n) is 9.77. The second kappa shape index (κ2) is 8.37. The molecule has 1 saturated heterocycles. The lowest BCUT2D eigenvalue weighted by atomic mass is 10.2. The van der Waals surface area contributed by atoms with Crippen LogP contribution < -0.4 is 10.6 Å². The van der Waals surface area contributed by atoms with Crippen LogP contribution in [0.25, 0.3) is 16.6 Å². The molecular formula is C21H16ClFN8O. The van der Waals surface area contributed by atoms with Crippen LogP contribution in [0, 0.1) is 17.1 Å². The summed E-state index contributed by atoms with van der Waals surface area (Å²) in [6.07, 6.45) is 5.56. The number of hydrogen-bond donors (Lipinski definition) is 2. The molecule has 1 aromatic carbocycles. The highest BCUT2D eigenvalue weighted by atomic mass is 35.5. The SMILES string of the molecule is N#Cc1cc(F)c(-n2ncc3cnc(Nc4cc(N[C@@H]5CCOC5)ncn4)cc32)c(Cl)c1. The maximum Gasteiger partial charge on any atom is 0.151 e. The molecule has 9 nitrogen and oxygen atoms in total. The van der Waals surface area contributed by atoms with Crippen LogP contribution in [-0.4, -0.2) is 44.0 Å². The Morgan fingerprint density at radius 1 is 1.12 bits per heavy atom. The highest BCUT2D eigenvalue weighted by Gasteiger charge is 2.17. The van der Waals surface area contributed by atoms with E-state index in [-0.39, 0.29) is 22.3 Å². The molecule has 2 N–H and O–H groups in total. The number of benzene rings is 1. The van der Waals surface area contributed by atoms with E-state index in [4.69, 9.17) is 21.6 Å². The first kappa shape index (κ1) is 20.1. The predicted octanol–water partition coefficient (Wildman–Crippen LogP) is 3.82. The fourth-order valence-electron chi connectivity index (χ4n) is 3.49. The van der Waals surface area contributed by atoms with Gasteiger partial charge in [0.05, 0.1) is 41.0 Å². The molecule has 0 bridgehead atoms. The van der Waals surface area contributed by atoms with Crippen LogP contribution in [0.4, 0.5) is 21.8 Å². The third-order valence-corrected chi connectivity index (χ3v) is 5.30. The summed E-state index contributed by atoms with van der Waals surface area (Å²) >= 11 is 6.25. The first-order valence-corrected chi connectivity index (χ1v) is 10.1. The van der Waals surface area contributed by atoms with Gasteiger partial charge in [-0.15, -0.1) is 0 Å². The fourth-order valence-corrected chi connectivity index (χ4v) is 3.78. The molecule has 3 aromatic heterocycles. The van der Waals surface area contributed by atoms with Crippen molar-refractivity contribution < 1.29 is 9.13 Å². The van der Waals surface area contributed by atoms with Gasteiger partial charge in [0.1, 0.15) is 29.5 Å². The monoisotopic (exact) mass is 450 g/mol. The molecule has 4 aromatic rings. The smallest absolute Gasteiger partial charge is 0.151 e. The summed E-state index contributed by atoms with van der Waals surface area (Å²) in [4.78, 5) is 12.9. The summed E-state index contributed by atoms with van der Waals surface area (Å²) in [6.45, 7) is 1.37. The average molecular weight is 451 g/mol. The summed E-state index contributed by atoms with van der Waals surface area (Å²) in [7, 11) is 0. The van der Waals surface area contributed by atoms with Crippen molar-refractivity contribution in [2.24, 2.45) is 0 Å². The molecule has 160 valence electrons. The number of halogens is 2. The number of nitrogens with zero attached hydrogens (tertiary/aromatic N) is 6. The lowest BCUT2D eigenvalue weighted by Crippen LogP contribution is -2.19. The standard InChI is InChI=1S/C21H16ClFN8O/c22-15-3-12(7-24)4-16(23)21(15)31-17-5-18(25-8-13(17)9-28-31)30-20-6-19(26-11-27-20)29-14-1-2-32-10-14/h3-6,8-9,11,14H,1-2,10H2,(H2,25,26,27,29,30)/t14-/m1/s1. The number of aromatic nitrogens is 5. The molecule has 32 heavy (non-hydrogen) atoms. The van der Waals surface area contributed by atoms with Gasteiger partial charge in [-0.1, -0.05) is 11.6 Å². The van der Waals surface area contributed by atoms with Gasteiger partial charge in [0.2, 0.25) is 0 Å². The van der Waals surface area contributed by atoms with Crippen molar-refractivity contribution in [3.63, 3.8) is 0 Å². The molecule has 0 amide bonds. The molecule has 4 heterocycles. The minimum atomic E-state index is -0.646. The van der Waals surface area contributed by atoms with E-state index in [2.05, 4.69) is 30.7 Å². The highest BCUT2D eigenvalue weighted by Crippen LogP contribution is 2.29. The van der Waals surface area contributed by atoms with Crippen molar-refractivity contribution in [2.75, 3.05) is 23.8 Å². The second-order valence-corrected chi connectivity index (χ2v) is 7.61. The van der Waals surface area contributed by atoms with Crippen LogP contribution in [0.15, 0.2) is 43.0 Å². The molecule has 1 atom stereocenters. The lowest BCUT2D eigenvalue weighted by Gasteiger charge is -2.12. The number of anilines is 3. The van der Waals surface area contributed by atoms with Crippen LogP contribution in [-0.2, 0) is 4.74 Å². The molecule has 11 heteroatoms. The number of rotatable bonds is 5.